The molecule has 2 heterocycles. The maximum Gasteiger partial charge on any atom is 0.266 e. The highest BCUT2D eigenvalue weighted by molar-refractivity contribution is 7.98. The molecular formula is C20H18ClN7OS. The molecule has 10 heteroatoms. The smallest absolute Gasteiger partial charge is 0.266 e. The number of hydrogen-bond donors (Lipinski definition) is 1. The normalized spacial score (nSPS) is 11.0. The van der Waals surface area contributed by atoms with Gasteiger partial charge in [0, 0.05) is 19.1 Å². The summed E-state index contributed by atoms with van der Waals surface area (Å²) in [6.07, 6.45) is 0. The molecule has 2 N–H and O–H groups in total. The Balaban J connectivity index is 1.80. The van der Waals surface area contributed by atoms with E-state index in [2.05, 4.69) is 15.0 Å². The SMILES string of the molecule is CN(C)c1nc(N)nc(CSc2nc3ccccc3c(=O)n2-c2cccc(Cl)c2)n1. The Bertz CT molecular complexity index is 1290. The second kappa shape index (κ2) is 8.29. The first-order valence-corrected chi connectivity index (χ1v) is 10.4. The van der Waals surface area contributed by atoms with Crippen LogP contribution in [0.25, 0.3) is 16.6 Å². The summed E-state index contributed by atoms with van der Waals surface area (Å²) in [4.78, 5) is 32.5. The Morgan fingerprint density at radius 3 is 2.63 bits per heavy atom. The van der Waals surface area contributed by atoms with Crippen molar-refractivity contribution in [1.29, 1.82) is 0 Å². The first-order valence-electron chi connectivity index (χ1n) is 9.00. The topological polar surface area (TPSA) is 103 Å². The number of hydrogen-bond acceptors (Lipinski definition) is 8. The van der Waals surface area contributed by atoms with Crippen molar-refractivity contribution < 1.29 is 0 Å². The third kappa shape index (κ3) is 4.07. The van der Waals surface area contributed by atoms with Crippen molar-refractivity contribution in [3.05, 3.63) is 69.7 Å². The summed E-state index contributed by atoms with van der Waals surface area (Å²) in [5.41, 5.74) is 6.90. The van der Waals surface area contributed by atoms with Gasteiger partial charge >= 0.3 is 0 Å². The molecule has 30 heavy (non-hydrogen) atoms. The van der Waals surface area contributed by atoms with Crippen LogP contribution in [0, 0.1) is 0 Å². The highest BCUT2D eigenvalue weighted by Gasteiger charge is 2.15. The molecule has 0 bridgehead atoms. The van der Waals surface area contributed by atoms with Crippen LogP contribution in [0.5, 0.6) is 0 Å². The van der Waals surface area contributed by atoms with Gasteiger partial charge in [-0.05, 0) is 30.3 Å². The summed E-state index contributed by atoms with van der Waals surface area (Å²) < 4.78 is 1.55. The zero-order valence-electron chi connectivity index (χ0n) is 16.3. The summed E-state index contributed by atoms with van der Waals surface area (Å²) >= 11 is 7.51. The monoisotopic (exact) mass is 439 g/mol. The molecule has 4 rings (SSSR count). The predicted molar refractivity (Wildman–Crippen MR) is 120 cm³/mol. The van der Waals surface area contributed by atoms with Crippen molar-refractivity contribution in [2.75, 3.05) is 24.7 Å². The molecule has 0 aliphatic carbocycles. The van der Waals surface area contributed by atoms with Crippen LogP contribution in [-0.2, 0) is 5.75 Å². The van der Waals surface area contributed by atoms with E-state index in [1.165, 1.54) is 11.8 Å². The van der Waals surface area contributed by atoms with Crippen LogP contribution in [0.1, 0.15) is 5.82 Å². The van der Waals surface area contributed by atoms with Gasteiger partial charge < -0.3 is 10.6 Å². The average Bonchev–Trinajstić information content (AvgIpc) is 2.72. The molecule has 0 unspecified atom stereocenters. The molecule has 0 aliphatic rings. The molecule has 0 aliphatic heterocycles. The lowest BCUT2D eigenvalue weighted by atomic mass is 10.2. The maximum atomic E-state index is 13.3. The summed E-state index contributed by atoms with van der Waals surface area (Å²) in [7, 11) is 3.65. The van der Waals surface area contributed by atoms with E-state index in [4.69, 9.17) is 22.3 Å². The minimum absolute atomic E-state index is 0.142. The number of aromatic nitrogens is 5. The van der Waals surface area contributed by atoms with Crippen LogP contribution >= 0.6 is 23.4 Å². The van der Waals surface area contributed by atoms with Crippen molar-refractivity contribution in [2.24, 2.45) is 0 Å². The van der Waals surface area contributed by atoms with Crippen LogP contribution in [0.4, 0.5) is 11.9 Å². The fourth-order valence-corrected chi connectivity index (χ4v) is 3.92. The van der Waals surface area contributed by atoms with Crippen LogP contribution in [0.2, 0.25) is 5.02 Å². The fourth-order valence-electron chi connectivity index (χ4n) is 2.87. The van der Waals surface area contributed by atoms with Crippen LogP contribution in [0.15, 0.2) is 58.5 Å². The lowest BCUT2D eigenvalue weighted by molar-refractivity contribution is 0.817. The number of nitrogens with two attached hydrogens (primary N) is 1. The first kappa shape index (κ1) is 20.1. The van der Waals surface area contributed by atoms with Gasteiger partial charge in [-0.15, -0.1) is 0 Å². The largest absolute Gasteiger partial charge is 0.368 e. The fraction of sp³-hybridized carbons (Fsp3) is 0.150. The van der Waals surface area contributed by atoms with E-state index in [9.17, 15) is 4.79 Å². The second-order valence-electron chi connectivity index (χ2n) is 6.62. The molecule has 0 atom stereocenters. The van der Waals surface area contributed by atoms with Crippen molar-refractivity contribution in [3.8, 4) is 5.69 Å². The van der Waals surface area contributed by atoms with E-state index in [-0.39, 0.29) is 11.5 Å². The van der Waals surface area contributed by atoms with Gasteiger partial charge in [-0.3, -0.25) is 9.36 Å². The highest BCUT2D eigenvalue weighted by Crippen LogP contribution is 2.25. The van der Waals surface area contributed by atoms with E-state index < -0.39 is 0 Å². The lowest BCUT2D eigenvalue weighted by Crippen LogP contribution is -2.22. The van der Waals surface area contributed by atoms with Gasteiger partial charge in [0.1, 0.15) is 5.82 Å². The summed E-state index contributed by atoms with van der Waals surface area (Å²) in [5, 5.41) is 1.57. The molecular weight excluding hydrogens is 422 g/mol. The van der Waals surface area contributed by atoms with Gasteiger partial charge in [0.15, 0.2) is 5.16 Å². The minimum Gasteiger partial charge on any atom is -0.368 e. The molecule has 2 aromatic carbocycles. The number of nitrogens with zero attached hydrogens (tertiary/aromatic N) is 6. The maximum absolute atomic E-state index is 13.3. The predicted octanol–water partition coefficient (Wildman–Crippen LogP) is 3.16. The summed E-state index contributed by atoms with van der Waals surface area (Å²) in [5.74, 6) is 1.47. The van der Waals surface area contributed by atoms with Crippen molar-refractivity contribution in [1.82, 2.24) is 24.5 Å². The van der Waals surface area contributed by atoms with Gasteiger partial charge in [-0.1, -0.05) is 41.6 Å². The molecule has 2 aromatic heterocycles. The van der Waals surface area contributed by atoms with Gasteiger partial charge in [0.2, 0.25) is 11.9 Å². The number of rotatable bonds is 5. The van der Waals surface area contributed by atoms with Gasteiger partial charge in [0.25, 0.3) is 5.56 Å². The third-order valence-corrected chi connectivity index (χ3v) is 5.40. The van der Waals surface area contributed by atoms with Crippen molar-refractivity contribution >= 4 is 46.2 Å². The average molecular weight is 440 g/mol. The Morgan fingerprint density at radius 1 is 1.07 bits per heavy atom. The van der Waals surface area contributed by atoms with Crippen molar-refractivity contribution in [2.45, 2.75) is 10.9 Å². The zero-order chi connectivity index (χ0) is 21.3. The molecule has 0 amide bonds. The first-order chi connectivity index (χ1) is 14.4. The quantitative estimate of drug-likeness (QED) is 0.373. The number of anilines is 2. The molecule has 0 saturated heterocycles. The standard InChI is InChI=1S/C20H18ClN7OS/c1-27(2)19-25-16(24-18(22)26-19)11-30-20-23-15-9-4-3-8-14(15)17(29)28(20)13-7-5-6-12(21)10-13/h3-10H,11H2,1-2H3,(H2,22,24,25,26). The Kier molecular flexibility index (Phi) is 5.56. The van der Waals surface area contributed by atoms with Crippen molar-refractivity contribution in [3.63, 3.8) is 0 Å². The summed E-state index contributed by atoms with van der Waals surface area (Å²) in [6, 6.07) is 14.3. The number of halogens is 1. The zero-order valence-corrected chi connectivity index (χ0v) is 17.9. The van der Waals surface area contributed by atoms with E-state index in [0.717, 1.165) is 0 Å². The number of thioether (sulfide) groups is 1. The van der Waals surface area contributed by atoms with Gasteiger partial charge in [-0.2, -0.15) is 15.0 Å². The third-order valence-electron chi connectivity index (χ3n) is 4.23. The number of benzene rings is 2. The van der Waals surface area contributed by atoms with Gasteiger partial charge in [-0.25, -0.2) is 4.98 Å². The Labute approximate surface area is 181 Å². The Hall–Kier alpha value is -3.17. The van der Waals surface area contributed by atoms with E-state index in [1.807, 2.05) is 38.4 Å². The molecule has 0 radical (unpaired) electrons. The summed E-state index contributed by atoms with van der Waals surface area (Å²) in [6.45, 7) is 0. The minimum atomic E-state index is -0.172. The number of fused-ring (bicyclic) bond motifs is 1. The second-order valence-corrected chi connectivity index (χ2v) is 8.00. The molecule has 0 spiro atoms. The van der Waals surface area contributed by atoms with Gasteiger partial charge in [0.05, 0.1) is 22.3 Å². The van der Waals surface area contributed by atoms with E-state index in [0.29, 0.717) is 44.3 Å². The molecule has 152 valence electrons. The Morgan fingerprint density at radius 2 is 1.87 bits per heavy atom. The lowest BCUT2D eigenvalue weighted by Gasteiger charge is -2.14. The van der Waals surface area contributed by atoms with Crippen LogP contribution in [-0.4, -0.2) is 38.6 Å². The molecule has 4 aromatic rings. The van der Waals surface area contributed by atoms with E-state index >= 15 is 0 Å². The molecule has 8 nitrogen and oxygen atoms in total. The number of para-hydroxylation sites is 1. The highest BCUT2D eigenvalue weighted by atomic mass is 35.5. The van der Waals surface area contributed by atoms with E-state index in [1.54, 1.807) is 33.7 Å². The van der Waals surface area contributed by atoms with Crippen LogP contribution in [0.3, 0.4) is 0 Å². The van der Waals surface area contributed by atoms with Crippen LogP contribution < -0.4 is 16.2 Å². The number of nitrogen functional groups attached to an aromatic ring is 1. The molecule has 0 fully saturated rings. The molecule has 0 saturated carbocycles.